The van der Waals surface area contributed by atoms with E-state index in [0.29, 0.717) is 19.3 Å². The molecule has 0 radical (unpaired) electrons. The van der Waals surface area contributed by atoms with Crippen LogP contribution in [0.15, 0.2) is 36.0 Å². The Hall–Kier alpha value is -1.63. The van der Waals surface area contributed by atoms with E-state index in [1.54, 1.807) is 6.08 Å². The third-order valence-electron chi connectivity index (χ3n) is 10.7. The van der Waals surface area contributed by atoms with E-state index in [-0.39, 0.29) is 6.61 Å². The summed E-state index contributed by atoms with van der Waals surface area (Å²) in [6.45, 7) is 5.61. The summed E-state index contributed by atoms with van der Waals surface area (Å²) in [5.74, 6) is -0.633. The average molecular weight is 782 g/mol. The molecule has 0 aromatic carbocycles. The molecule has 10 heteroatoms. The molecular weight excluding hydrogens is 698 g/mol. The van der Waals surface area contributed by atoms with Crippen LogP contribution in [0.3, 0.4) is 0 Å². The van der Waals surface area contributed by atoms with Gasteiger partial charge in [0.2, 0.25) is 5.91 Å². The largest absolute Gasteiger partial charge is 0.394 e. The van der Waals surface area contributed by atoms with Crippen LogP contribution >= 0.6 is 0 Å². The zero-order valence-electron chi connectivity index (χ0n) is 35.0. The van der Waals surface area contributed by atoms with Gasteiger partial charge in [-0.1, -0.05) is 178 Å². The lowest BCUT2D eigenvalue weighted by Crippen LogP contribution is -2.60. The fraction of sp³-hybridized carbons (Fsp3) is 0.844. The van der Waals surface area contributed by atoms with Crippen LogP contribution < -0.4 is 5.32 Å². The summed E-state index contributed by atoms with van der Waals surface area (Å²) in [5, 5.41) is 64.6. The Morgan fingerprint density at radius 1 is 0.691 bits per heavy atom. The second-order valence-electron chi connectivity index (χ2n) is 15.8. The summed E-state index contributed by atoms with van der Waals surface area (Å²) in [7, 11) is 0. The van der Waals surface area contributed by atoms with Gasteiger partial charge < -0.3 is 45.4 Å². The highest BCUT2D eigenvalue weighted by atomic mass is 16.7. The predicted molar refractivity (Wildman–Crippen MR) is 222 cm³/mol. The standard InChI is InChI=1S/C45H83NO9/c1-4-6-8-10-12-13-14-15-16-17-18-19-20-22-24-28-33-39(49)44(53)46-37(35-54-45-43(52)42(51)41(50)40(34-47)55-45)38(48)32-29-25-27-31-36(3)30-26-23-21-11-9-7-5-2/h26,29-32,37-43,45,47-52H,4-25,27-28,33-35H2,1-3H3,(H,46,53). The van der Waals surface area contributed by atoms with Gasteiger partial charge in [0.1, 0.15) is 30.5 Å². The number of allylic oxidation sites excluding steroid dienone is 5. The van der Waals surface area contributed by atoms with Gasteiger partial charge in [-0.15, -0.1) is 0 Å². The fourth-order valence-corrected chi connectivity index (χ4v) is 6.91. The molecule has 322 valence electrons. The highest BCUT2D eigenvalue weighted by Crippen LogP contribution is 2.22. The average Bonchev–Trinajstić information content (AvgIpc) is 3.18. The highest BCUT2D eigenvalue weighted by molar-refractivity contribution is 5.80. The quantitative estimate of drug-likeness (QED) is 0.0192. The number of nitrogens with one attached hydrogen (secondary N) is 1. The van der Waals surface area contributed by atoms with Gasteiger partial charge in [0.05, 0.1) is 25.4 Å². The van der Waals surface area contributed by atoms with Crippen molar-refractivity contribution in [1.29, 1.82) is 0 Å². The van der Waals surface area contributed by atoms with Gasteiger partial charge in [-0.05, 0) is 39.0 Å². The molecule has 1 fully saturated rings. The van der Waals surface area contributed by atoms with Gasteiger partial charge in [0.25, 0.3) is 0 Å². The number of carbonyl (C=O) groups excluding carboxylic acids is 1. The number of aliphatic hydroxyl groups is 6. The molecule has 0 aromatic rings. The van der Waals surface area contributed by atoms with Crippen molar-refractivity contribution in [2.24, 2.45) is 0 Å². The topological polar surface area (TPSA) is 169 Å². The minimum Gasteiger partial charge on any atom is -0.394 e. The number of amides is 1. The van der Waals surface area contributed by atoms with Crippen molar-refractivity contribution in [2.75, 3.05) is 13.2 Å². The van der Waals surface area contributed by atoms with Crippen molar-refractivity contribution in [3.63, 3.8) is 0 Å². The lowest BCUT2D eigenvalue weighted by molar-refractivity contribution is -0.302. The third-order valence-corrected chi connectivity index (χ3v) is 10.7. The fourth-order valence-electron chi connectivity index (χ4n) is 6.91. The van der Waals surface area contributed by atoms with E-state index in [1.165, 1.54) is 115 Å². The molecule has 1 rings (SSSR count). The Labute approximate surface area is 334 Å². The normalized spacial score (nSPS) is 22.4. The molecule has 1 aliphatic heterocycles. The Morgan fingerprint density at radius 2 is 1.22 bits per heavy atom. The van der Waals surface area contributed by atoms with E-state index < -0.39 is 61.5 Å². The molecule has 0 spiro atoms. The molecule has 0 saturated carbocycles. The van der Waals surface area contributed by atoms with Crippen molar-refractivity contribution in [2.45, 2.75) is 230 Å². The SMILES string of the molecule is CCCCCCCC=CC(C)=CCCC=CC(O)C(COC1OC(CO)C(O)C(O)C1O)NC(=O)C(O)CCCCCCCCCCCCCCCCCC. The maximum atomic E-state index is 13.0. The maximum absolute atomic E-state index is 13.0. The number of carbonyl (C=O) groups is 1. The molecule has 0 aliphatic carbocycles. The molecular formula is C45H83NO9. The minimum atomic E-state index is -1.62. The molecule has 1 aliphatic rings. The van der Waals surface area contributed by atoms with Gasteiger partial charge in [-0.2, -0.15) is 0 Å². The van der Waals surface area contributed by atoms with Crippen molar-refractivity contribution in [3.05, 3.63) is 36.0 Å². The Morgan fingerprint density at radius 3 is 1.76 bits per heavy atom. The second-order valence-corrected chi connectivity index (χ2v) is 15.8. The first-order valence-corrected chi connectivity index (χ1v) is 22.2. The number of rotatable bonds is 35. The molecule has 8 unspecified atom stereocenters. The third kappa shape index (κ3) is 25.4. The minimum absolute atomic E-state index is 0.301. The first kappa shape index (κ1) is 51.4. The van der Waals surface area contributed by atoms with Crippen molar-refractivity contribution in [3.8, 4) is 0 Å². The van der Waals surface area contributed by atoms with E-state index >= 15 is 0 Å². The van der Waals surface area contributed by atoms with Crippen LogP contribution in [0.25, 0.3) is 0 Å². The molecule has 1 heterocycles. The van der Waals surface area contributed by atoms with Crippen molar-refractivity contribution < 1.29 is 44.9 Å². The number of hydrogen-bond donors (Lipinski definition) is 7. The maximum Gasteiger partial charge on any atom is 0.249 e. The van der Waals surface area contributed by atoms with Crippen LogP contribution in [0, 0.1) is 0 Å². The summed E-state index contributed by atoms with van der Waals surface area (Å²) >= 11 is 0. The van der Waals surface area contributed by atoms with Crippen LogP contribution in [-0.2, 0) is 14.3 Å². The van der Waals surface area contributed by atoms with Gasteiger partial charge in [0.15, 0.2) is 6.29 Å². The first-order valence-electron chi connectivity index (χ1n) is 22.2. The molecule has 0 bridgehead atoms. The van der Waals surface area contributed by atoms with Crippen molar-refractivity contribution >= 4 is 5.91 Å². The summed E-state index contributed by atoms with van der Waals surface area (Å²) in [6.07, 6.45) is 29.1. The van der Waals surface area contributed by atoms with E-state index in [9.17, 15) is 35.4 Å². The highest BCUT2D eigenvalue weighted by Gasteiger charge is 2.44. The molecule has 8 atom stereocenters. The molecule has 10 nitrogen and oxygen atoms in total. The van der Waals surface area contributed by atoms with Crippen LogP contribution in [0.1, 0.15) is 181 Å². The van der Waals surface area contributed by atoms with E-state index in [1.807, 2.05) is 6.08 Å². The molecule has 1 amide bonds. The summed E-state index contributed by atoms with van der Waals surface area (Å²) in [5.41, 5.74) is 1.18. The zero-order chi connectivity index (χ0) is 40.5. The Kier molecular flexibility index (Phi) is 32.2. The molecule has 7 N–H and O–H groups in total. The number of aliphatic hydroxyl groups excluding tert-OH is 6. The molecule has 1 saturated heterocycles. The van der Waals surface area contributed by atoms with Crippen LogP contribution in [-0.4, -0.2) is 98.7 Å². The first-order chi connectivity index (χ1) is 26.7. The number of unbranched alkanes of at least 4 members (excludes halogenated alkanes) is 21. The van der Waals surface area contributed by atoms with E-state index in [2.05, 4.69) is 44.3 Å². The lowest BCUT2D eigenvalue weighted by atomic mass is 9.99. The predicted octanol–water partition coefficient (Wildman–Crippen LogP) is 7.86. The molecule has 55 heavy (non-hydrogen) atoms. The lowest BCUT2D eigenvalue weighted by Gasteiger charge is -2.40. The number of hydrogen-bond acceptors (Lipinski definition) is 9. The Bertz CT molecular complexity index is 1000. The number of ether oxygens (including phenoxy) is 2. The monoisotopic (exact) mass is 782 g/mol. The van der Waals surface area contributed by atoms with Crippen LogP contribution in [0.2, 0.25) is 0 Å². The van der Waals surface area contributed by atoms with Crippen LogP contribution in [0.4, 0.5) is 0 Å². The van der Waals surface area contributed by atoms with E-state index in [4.69, 9.17) is 9.47 Å². The van der Waals surface area contributed by atoms with Gasteiger partial charge in [-0.25, -0.2) is 0 Å². The zero-order valence-corrected chi connectivity index (χ0v) is 35.0. The van der Waals surface area contributed by atoms with Crippen LogP contribution in [0.5, 0.6) is 0 Å². The summed E-state index contributed by atoms with van der Waals surface area (Å²) < 4.78 is 11.1. The second kappa shape index (κ2) is 34.4. The van der Waals surface area contributed by atoms with Gasteiger partial charge in [0, 0.05) is 0 Å². The van der Waals surface area contributed by atoms with E-state index in [0.717, 1.165) is 32.1 Å². The molecule has 0 aromatic heterocycles. The summed E-state index contributed by atoms with van der Waals surface area (Å²) in [4.78, 5) is 13.0. The van der Waals surface area contributed by atoms with Gasteiger partial charge in [-0.3, -0.25) is 4.79 Å². The summed E-state index contributed by atoms with van der Waals surface area (Å²) in [6, 6.07) is -1.01. The Balaban J connectivity index is 2.52. The van der Waals surface area contributed by atoms with Crippen molar-refractivity contribution in [1.82, 2.24) is 5.32 Å². The van der Waals surface area contributed by atoms with Gasteiger partial charge >= 0.3 is 0 Å². The smallest absolute Gasteiger partial charge is 0.249 e.